The predicted molar refractivity (Wildman–Crippen MR) is 114 cm³/mol. The fraction of sp³-hybridized carbons (Fsp3) is 0.136. The first kappa shape index (κ1) is 19.0. The van der Waals surface area contributed by atoms with E-state index in [-0.39, 0.29) is 11.8 Å². The lowest BCUT2D eigenvalue weighted by molar-refractivity contribution is -0.120. The van der Waals surface area contributed by atoms with Crippen molar-refractivity contribution in [3.63, 3.8) is 0 Å². The number of hydrogen-bond donors (Lipinski definition) is 2. The van der Waals surface area contributed by atoms with Crippen molar-refractivity contribution in [2.24, 2.45) is 0 Å². The molecule has 2 aromatic carbocycles. The number of carbonyl (C=O) groups is 2. The molecule has 6 nitrogen and oxygen atoms in total. The molecule has 1 aliphatic rings. The van der Waals surface area contributed by atoms with E-state index in [1.807, 2.05) is 30.3 Å². The lowest BCUT2D eigenvalue weighted by Gasteiger charge is -2.21. The molecule has 0 saturated carbocycles. The maximum absolute atomic E-state index is 12.9. The summed E-state index contributed by atoms with van der Waals surface area (Å²) < 4.78 is 0. The van der Waals surface area contributed by atoms with Gasteiger partial charge in [0.1, 0.15) is 6.04 Å². The second kappa shape index (κ2) is 7.56. The smallest absolute Gasteiger partial charge is 0.254 e. The summed E-state index contributed by atoms with van der Waals surface area (Å²) in [6.07, 6.45) is 3.69. The highest BCUT2D eigenvalue weighted by molar-refractivity contribution is 6.31. The van der Waals surface area contributed by atoms with Gasteiger partial charge in [-0.1, -0.05) is 35.9 Å². The van der Waals surface area contributed by atoms with Gasteiger partial charge in [0.2, 0.25) is 5.91 Å². The molecule has 4 rings (SSSR count). The molecule has 0 spiro atoms. The Kier molecular flexibility index (Phi) is 4.94. The summed E-state index contributed by atoms with van der Waals surface area (Å²) in [4.78, 5) is 31.1. The van der Waals surface area contributed by atoms with Crippen LogP contribution in [0.3, 0.4) is 0 Å². The van der Waals surface area contributed by atoms with Crippen molar-refractivity contribution in [1.82, 2.24) is 10.3 Å². The molecular formula is C22H19ClN4O2. The number of carbonyl (C=O) groups excluding carboxylic acids is 2. The van der Waals surface area contributed by atoms with E-state index in [1.54, 1.807) is 37.6 Å². The lowest BCUT2D eigenvalue weighted by atomic mass is 10.00. The van der Waals surface area contributed by atoms with Gasteiger partial charge in [-0.3, -0.25) is 14.6 Å². The van der Waals surface area contributed by atoms with Crippen LogP contribution in [-0.4, -0.2) is 29.9 Å². The van der Waals surface area contributed by atoms with Crippen LogP contribution in [0.5, 0.6) is 0 Å². The monoisotopic (exact) mass is 406 g/mol. The van der Waals surface area contributed by atoms with Gasteiger partial charge in [0.15, 0.2) is 0 Å². The number of nitrogen functional groups attached to an aromatic ring is 1. The molecular weight excluding hydrogens is 388 g/mol. The standard InChI is InChI=1S/C22H19ClN4O2/c1-27-20-7-6-15(23)11-17(20)21(28)26-19(22(27)29)10-13-2-4-14(5-3-13)16-8-9-25-12-18(16)24/h2-9,11-12,19H,10,24H2,1H3,(H,26,28). The highest BCUT2D eigenvalue weighted by Crippen LogP contribution is 2.28. The molecule has 29 heavy (non-hydrogen) atoms. The number of aromatic nitrogens is 1. The van der Waals surface area contributed by atoms with E-state index in [9.17, 15) is 9.59 Å². The van der Waals surface area contributed by atoms with E-state index in [1.165, 1.54) is 4.90 Å². The summed E-state index contributed by atoms with van der Waals surface area (Å²) in [6.45, 7) is 0. The molecule has 7 heteroatoms. The number of halogens is 1. The zero-order valence-electron chi connectivity index (χ0n) is 15.7. The number of rotatable bonds is 3. The number of pyridine rings is 1. The number of benzene rings is 2. The summed E-state index contributed by atoms with van der Waals surface area (Å²) in [6, 6.07) is 13.9. The first-order chi connectivity index (χ1) is 13.9. The van der Waals surface area contributed by atoms with Crippen molar-refractivity contribution in [3.8, 4) is 11.1 Å². The molecule has 1 aromatic heterocycles. The largest absolute Gasteiger partial charge is 0.397 e. The van der Waals surface area contributed by atoms with Gasteiger partial charge in [-0.2, -0.15) is 0 Å². The van der Waals surface area contributed by atoms with Crippen LogP contribution in [0.1, 0.15) is 15.9 Å². The minimum atomic E-state index is -0.671. The summed E-state index contributed by atoms with van der Waals surface area (Å²) in [5.74, 6) is -0.492. The summed E-state index contributed by atoms with van der Waals surface area (Å²) >= 11 is 6.03. The highest BCUT2D eigenvalue weighted by Gasteiger charge is 2.32. The summed E-state index contributed by atoms with van der Waals surface area (Å²) in [7, 11) is 1.66. The Morgan fingerprint density at radius 3 is 2.59 bits per heavy atom. The Hall–Kier alpha value is -3.38. The van der Waals surface area contributed by atoms with Crippen molar-refractivity contribution in [1.29, 1.82) is 0 Å². The number of amides is 2. The van der Waals surface area contributed by atoms with Gasteiger partial charge >= 0.3 is 0 Å². The predicted octanol–water partition coefficient (Wildman–Crippen LogP) is 3.30. The Balaban J connectivity index is 1.58. The fourth-order valence-corrected chi connectivity index (χ4v) is 3.67. The zero-order valence-corrected chi connectivity index (χ0v) is 16.5. The van der Waals surface area contributed by atoms with Gasteiger partial charge in [0.05, 0.1) is 23.1 Å². The quantitative estimate of drug-likeness (QED) is 0.698. The van der Waals surface area contributed by atoms with Crippen LogP contribution in [0.15, 0.2) is 60.9 Å². The fourth-order valence-electron chi connectivity index (χ4n) is 3.50. The molecule has 1 aliphatic heterocycles. The number of fused-ring (bicyclic) bond motifs is 1. The van der Waals surface area contributed by atoms with Crippen molar-refractivity contribution in [2.75, 3.05) is 17.7 Å². The molecule has 3 aromatic rings. The third kappa shape index (κ3) is 3.67. The zero-order chi connectivity index (χ0) is 20.5. The summed E-state index contributed by atoms with van der Waals surface area (Å²) in [5, 5.41) is 3.28. The molecule has 1 atom stereocenters. The number of nitrogens with zero attached hydrogens (tertiary/aromatic N) is 2. The van der Waals surface area contributed by atoms with Crippen molar-refractivity contribution in [2.45, 2.75) is 12.5 Å². The number of likely N-dealkylation sites (N-methyl/N-ethyl adjacent to an activating group) is 1. The topological polar surface area (TPSA) is 88.3 Å². The lowest BCUT2D eigenvalue weighted by Crippen LogP contribution is -2.45. The van der Waals surface area contributed by atoms with Crippen LogP contribution in [-0.2, 0) is 11.2 Å². The molecule has 2 heterocycles. The van der Waals surface area contributed by atoms with E-state index < -0.39 is 6.04 Å². The maximum Gasteiger partial charge on any atom is 0.254 e. The molecule has 3 N–H and O–H groups in total. The second-order valence-electron chi connectivity index (χ2n) is 6.95. The normalized spacial score (nSPS) is 16.2. The molecule has 2 amide bonds. The first-order valence-electron chi connectivity index (χ1n) is 9.11. The average Bonchev–Trinajstić information content (AvgIpc) is 2.80. The molecule has 0 saturated heterocycles. The average molecular weight is 407 g/mol. The molecule has 0 aliphatic carbocycles. The van der Waals surface area contributed by atoms with Crippen LogP contribution >= 0.6 is 11.6 Å². The number of nitrogens with two attached hydrogens (primary N) is 1. The van der Waals surface area contributed by atoms with Gasteiger partial charge in [-0.05, 0) is 35.4 Å². The van der Waals surface area contributed by atoms with E-state index in [4.69, 9.17) is 17.3 Å². The second-order valence-corrected chi connectivity index (χ2v) is 7.39. The number of nitrogens with one attached hydrogen (secondary N) is 1. The van der Waals surface area contributed by atoms with Crippen molar-refractivity contribution in [3.05, 3.63) is 77.1 Å². The molecule has 0 fully saturated rings. The van der Waals surface area contributed by atoms with Gasteiger partial charge < -0.3 is 16.0 Å². The Bertz CT molecular complexity index is 1100. The van der Waals surface area contributed by atoms with Gasteiger partial charge in [-0.25, -0.2) is 0 Å². The SMILES string of the molecule is CN1C(=O)C(Cc2ccc(-c3ccncc3N)cc2)NC(=O)c2cc(Cl)ccc21. The third-order valence-electron chi connectivity index (χ3n) is 5.06. The van der Waals surface area contributed by atoms with E-state index >= 15 is 0 Å². The van der Waals surface area contributed by atoms with Crippen molar-refractivity contribution < 1.29 is 9.59 Å². The Labute approximate surface area is 173 Å². The number of hydrogen-bond acceptors (Lipinski definition) is 4. The maximum atomic E-state index is 12.9. The first-order valence-corrected chi connectivity index (χ1v) is 9.48. The highest BCUT2D eigenvalue weighted by atomic mass is 35.5. The number of anilines is 2. The Morgan fingerprint density at radius 2 is 1.86 bits per heavy atom. The molecule has 0 bridgehead atoms. The molecule has 146 valence electrons. The minimum Gasteiger partial charge on any atom is -0.397 e. The Morgan fingerprint density at radius 1 is 1.10 bits per heavy atom. The van der Waals surface area contributed by atoms with Crippen molar-refractivity contribution >= 4 is 34.8 Å². The van der Waals surface area contributed by atoms with Crippen LogP contribution < -0.4 is 16.0 Å². The molecule has 1 unspecified atom stereocenters. The summed E-state index contributed by atoms with van der Waals surface area (Å²) in [5.41, 5.74) is 10.3. The molecule has 0 radical (unpaired) electrons. The van der Waals surface area contributed by atoms with Gasteiger partial charge in [-0.15, -0.1) is 0 Å². The van der Waals surface area contributed by atoms with Crippen LogP contribution in [0, 0.1) is 0 Å². The van der Waals surface area contributed by atoms with Crippen LogP contribution in [0.4, 0.5) is 11.4 Å². The van der Waals surface area contributed by atoms with Crippen LogP contribution in [0.2, 0.25) is 5.02 Å². The third-order valence-corrected chi connectivity index (χ3v) is 5.29. The van der Waals surface area contributed by atoms with E-state index in [0.29, 0.717) is 28.4 Å². The van der Waals surface area contributed by atoms with Crippen LogP contribution in [0.25, 0.3) is 11.1 Å². The van der Waals surface area contributed by atoms with Gasteiger partial charge in [0, 0.05) is 30.3 Å². The van der Waals surface area contributed by atoms with Gasteiger partial charge in [0.25, 0.3) is 5.91 Å². The minimum absolute atomic E-state index is 0.179. The van der Waals surface area contributed by atoms with E-state index in [0.717, 1.165) is 16.7 Å². The van der Waals surface area contributed by atoms with E-state index in [2.05, 4.69) is 10.3 Å².